The molecule has 1 aliphatic rings. The fourth-order valence-electron chi connectivity index (χ4n) is 1.34. The average Bonchev–Trinajstić information content (AvgIpc) is 2.61. The minimum absolute atomic E-state index is 0.440. The third-order valence-corrected chi connectivity index (χ3v) is 2.91. The topological polar surface area (TPSA) is 69.5 Å². The van der Waals surface area contributed by atoms with Crippen molar-refractivity contribution >= 4 is 16.7 Å². The largest absolute Gasteiger partial charge is 0.389 e. The van der Waals surface area contributed by atoms with Crippen LogP contribution in [0.15, 0.2) is 0 Å². The second kappa shape index (κ2) is 3.21. The van der Waals surface area contributed by atoms with Crippen LogP contribution in [0.5, 0.6) is 0 Å². The average molecular weight is 201 g/mol. The van der Waals surface area contributed by atoms with Gasteiger partial charge in [-0.1, -0.05) is 0 Å². The zero-order chi connectivity index (χ0) is 9.42. The van der Waals surface area contributed by atoms with E-state index < -0.39 is 12.2 Å². The maximum atomic E-state index is 9.30. The molecule has 2 N–H and O–H groups in total. The van der Waals surface area contributed by atoms with Gasteiger partial charge in [0.1, 0.15) is 5.82 Å². The highest BCUT2D eigenvalue weighted by molar-refractivity contribution is 7.09. The molecule has 1 fully saturated rings. The second-order valence-electron chi connectivity index (χ2n) is 3.16. The second-order valence-corrected chi connectivity index (χ2v) is 3.89. The van der Waals surface area contributed by atoms with Crippen molar-refractivity contribution in [1.29, 1.82) is 0 Å². The van der Waals surface area contributed by atoms with Gasteiger partial charge in [0, 0.05) is 24.6 Å². The van der Waals surface area contributed by atoms with E-state index >= 15 is 0 Å². The van der Waals surface area contributed by atoms with Crippen molar-refractivity contribution in [3.8, 4) is 0 Å². The van der Waals surface area contributed by atoms with Gasteiger partial charge in [0.25, 0.3) is 0 Å². The maximum Gasteiger partial charge on any atom is 0.205 e. The Bertz CT molecular complexity index is 294. The monoisotopic (exact) mass is 201 g/mol. The van der Waals surface area contributed by atoms with E-state index in [4.69, 9.17) is 0 Å². The molecule has 0 spiro atoms. The molecular formula is C7H11N3O2S. The van der Waals surface area contributed by atoms with Crippen molar-refractivity contribution in [3.63, 3.8) is 0 Å². The molecule has 2 rings (SSSR count). The third kappa shape index (κ3) is 1.65. The maximum absolute atomic E-state index is 9.30. The molecule has 0 aromatic carbocycles. The zero-order valence-corrected chi connectivity index (χ0v) is 8.03. The van der Waals surface area contributed by atoms with Gasteiger partial charge in [0.05, 0.1) is 12.2 Å². The fraction of sp³-hybridized carbons (Fsp3) is 0.714. The summed E-state index contributed by atoms with van der Waals surface area (Å²) < 4.78 is 4.04. The van der Waals surface area contributed by atoms with Gasteiger partial charge in [0.15, 0.2) is 0 Å². The highest BCUT2D eigenvalue weighted by Crippen LogP contribution is 2.22. The van der Waals surface area contributed by atoms with Gasteiger partial charge in [-0.3, -0.25) is 0 Å². The van der Waals surface area contributed by atoms with Gasteiger partial charge in [-0.2, -0.15) is 4.37 Å². The Hall–Kier alpha value is -0.720. The summed E-state index contributed by atoms with van der Waals surface area (Å²) in [5, 5.41) is 19.4. The van der Waals surface area contributed by atoms with Crippen LogP contribution < -0.4 is 4.90 Å². The lowest BCUT2D eigenvalue weighted by molar-refractivity contribution is 0.0572. The molecule has 2 heterocycles. The molecule has 0 bridgehead atoms. The number of anilines is 1. The molecule has 0 aliphatic carbocycles. The molecule has 2 unspecified atom stereocenters. The predicted molar refractivity (Wildman–Crippen MR) is 48.9 cm³/mol. The molecule has 1 saturated heterocycles. The van der Waals surface area contributed by atoms with Gasteiger partial charge in [-0.05, 0) is 6.92 Å². The number of hydrogen-bond donors (Lipinski definition) is 2. The number of aromatic nitrogens is 2. The predicted octanol–water partition coefficient (Wildman–Crippen LogP) is -0.612. The van der Waals surface area contributed by atoms with Crippen molar-refractivity contribution in [3.05, 3.63) is 5.82 Å². The Morgan fingerprint density at radius 1 is 1.38 bits per heavy atom. The number of aryl methyl sites for hydroxylation is 1. The number of β-amino-alcohol motifs (C(OH)–C–C–N with tert-alkyl or cyclic N) is 2. The highest BCUT2D eigenvalue weighted by atomic mass is 32.1. The highest BCUT2D eigenvalue weighted by Gasteiger charge is 2.31. The molecule has 5 nitrogen and oxygen atoms in total. The Labute approximate surface area is 79.8 Å². The minimum Gasteiger partial charge on any atom is -0.389 e. The Morgan fingerprint density at radius 2 is 2.00 bits per heavy atom. The minimum atomic E-state index is -0.663. The van der Waals surface area contributed by atoms with Crippen molar-refractivity contribution in [2.45, 2.75) is 19.1 Å². The quantitative estimate of drug-likeness (QED) is 0.634. The molecule has 1 aliphatic heterocycles. The van der Waals surface area contributed by atoms with Crippen molar-refractivity contribution < 1.29 is 10.2 Å². The van der Waals surface area contributed by atoms with E-state index in [1.54, 1.807) is 0 Å². The number of rotatable bonds is 1. The normalized spacial score (nSPS) is 28.4. The summed E-state index contributed by atoms with van der Waals surface area (Å²) in [7, 11) is 0. The molecular weight excluding hydrogens is 190 g/mol. The Balaban J connectivity index is 2.11. The third-order valence-electron chi connectivity index (χ3n) is 2.05. The van der Waals surface area contributed by atoms with Gasteiger partial charge >= 0.3 is 0 Å². The summed E-state index contributed by atoms with van der Waals surface area (Å²) >= 11 is 1.29. The first kappa shape index (κ1) is 8.86. The molecule has 0 saturated carbocycles. The molecule has 2 atom stereocenters. The van der Waals surface area contributed by atoms with E-state index in [1.807, 2.05) is 11.8 Å². The van der Waals surface area contributed by atoms with E-state index in [0.29, 0.717) is 13.1 Å². The van der Waals surface area contributed by atoms with Crippen LogP contribution in [0, 0.1) is 6.92 Å². The van der Waals surface area contributed by atoms with E-state index in [9.17, 15) is 10.2 Å². The lowest BCUT2D eigenvalue weighted by atomic mass is 10.3. The summed E-state index contributed by atoms with van der Waals surface area (Å²) in [4.78, 5) is 6.02. The van der Waals surface area contributed by atoms with Gasteiger partial charge in [-0.25, -0.2) is 4.98 Å². The lowest BCUT2D eigenvalue weighted by Crippen LogP contribution is -2.22. The Morgan fingerprint density at radius 3 is 2.46 bits per heavy atom. The van der Waals surface area contributed by atoms with Crippen LogP contribution in [0.2, 0.25) is 0 Å². The molecule has 1 aromatic rings. The van der Waals surface area contributed by atoms with Crippen molar-refractivity contribution in [2.24, 2.45) is 0 Å². The smallest absolute Gasteiger partial charge is 0.205 e. The van der Waals surface area contributed by atoms with Crippen LogP contribution in [0.4, 0.5) is 5.13 Å². The number of aliphatic hydroxyl groups is 2. The summed E-state index contributed by atoms with van der Waals surface area (Å²) in [6, 6.07) is 0. The van der Waals surface area contributed by atoms with Crippen molar-refractivity contribution in [1.82, 2.24) is 9.36 Å². The molecule has 13 heavy (non-hydrogen) atoms. The van der Waals surface area contributed by atoms with Crippen LogP contribution in [0.1, 0.15) is 5.82 Å². The van der Waals surface area contributed by atoms with E-state index in [1.165, 1.54) is 11.5 Å². The number of nitrogens with zero attached hydrogens (tertiary/aromatic N) is 3. The first-order valence-electron chi connectivity index (χ1n) is 4.08. The van der Waals surface area contributed by atoms with Crippen LogP contribution in [-0.2, 0) is 0 Å². The van der Waals surface area contributed by atoms with Crippen LogP contribution in [-0.4, -0.2) is 44.9 Å². The number of hydrogen-bond acceptors (Lipinski definition) is 6. The van der Waals surface area contributed by atoms with E-state index in [-0.39, 0.29) is 0 Å². The molecule has 6 heteroatoms. The SMILES string of the molecule is Cc1nsc(N2CC(O)C(O)C2)n1. The molecule has 72 valence electrons. The van der Waals surface area contributed by atoms with Crippen LogP contribution in [0.25, 0.3) is 0 Å². The number of aliphatic hydroxyl groups excluding tert-OH is 2. The van der Waals surface area contributed by atoms with Crippen molar-refractivity contribution in [2.75, 3.05) is 18.0 Å². The van der Waals surface area contributed by atoms with Gasteiger partial charge < -0.3 is 15.1 Å². The first-order valence-corrected chi connectivity index (χ1v) is 4.85. The Kier molecular flexibility index (Phi) is 2.19. The van der Waals surface area contributed by atoms with E-state index in [0.717, 1.165) is 11.0 Å². The zero-order valence-electron chi connectivity index (χ0n) is 7.21. The summed E-state index contributed by atoms with van der Waals surface area (Å²) in [5.74, 6) is 0.732. The fourth-order valence-corrected chi connectivity index (χ4v) is 2.03. The summed E-state index contributed by atoms with van der Waals surface area (Å²) in [6.07, 6.45) is -1.33. The first-order chi connectivity index (χ1) is 6.16. The van der Waals surface area contributed by atoms with Gasteiger partial charge in [-0.15, -0.1) is 0 Å². The summed E-state index contributed by atoms with van der Waals surface area (Å²) in [6.45, 7) is 2.70. The van der Waals surface area contributed by atoms with Gasteiger partial charge in [0.2, 0.25) is 5.13 Å². The molecule has 1 aromatic heterocycles. The van der Waals surface area contributed by atoms with Crippen LogP contribution >= 0.6 is 11.5 Å². The lowest BCUT2D eigenvalue weighted by Gasteiger charge is -2.11. The standard InChI is InChI=1S/C7H11N3O2S/c1-4-8-7(13-9-4)10-2-5(11)6(12)3-10/h5-6,11-12H,2-3H2,1H3. The van der Waals surface area contributed by atoms with Crippen LogP contribution in [0.3, 0.4) is 0 Å². The van der Waals surface area contributed by atoms with E-state index in [2.05, 4.69) is 9.36 Å². The molecule has 0 amide bonds. The summed E-state index contributed by atoms with van der Waals surface area (Å²) in [5.41, 5.74) is 0. The molecule has 0 radical (unpaired) electrons.